The lowest BCUT2D eigenvalue weighted by Gasteiger charge is -1.96. The molecule has 0 radical (unpaired) electrons. The molecule has 0 amide bonds. The number of hydrogen-bond acceptors (Lipinski definition) is 5. The van der Waals surface area contributed by atoms with Crippen LogP contribution < -0.4 is 5.56 Å². The van der Waals surface area contributed by atoms with E-state index in [9.17, 15) is 4.79 Å². The average Bonchev–Trinajstić information content (AvgIpc) is 2.74. The molecule has 17 heavy (non-hydrogen) atoms. The molecule has 0 saturated heterocycles. The second-order valence-corrected chi connectivity index (χ2v) is 4.49. The minimum Gasteiger partial charge on any atom is -0.297 e. The van der Waals surface area contributed by atoms with E-state index in [2.05, 4.69) is 19.9 Å². The topological polar surface area (TPSA) is 71.5 Å². The van der Waals surface area contributed by atoms with E-state index in [1.54, 1.807) is 18.6 Å². The summed E-state index contributed by atoms with van der Waals surface area (Å²) in [7, 11) is 0. The van der Waals surface area contributed by atoms with E-state index in [-0.39, 0.29) is 10.8 Å². The van der Waals surface area contributed by atoms with Crippen LogP contribution in [0.15, 0.2) is 28.8 Å². The maximum absolute atomic E-state index is 11.8. The Morgan fingerprint density at radius 3 is 3.00 bits per heavy atom. The standard InChI is InChI=1S/C10H5ClN4OS/c11-10-14-8(16)7-5(4-17-9(7)15-10)6-3-12-1-2-13-6/h1-4H,(H,14,15,16). The van der Waals surface area contributed by atoms with Crippen LogP contribution in [-0.4, -0.2) is 19.9 Å². The van der Waals surface area contributed by atoms with Crippen LogP contribution in [0.4, 0.5) is 0 Å². The van der Waals surface area contributed by atoms with Crippen LogP contribution in [0.1, 0.15) is 0 Å². The van der Waals surface area contributed by atoms with Crippen molar-refractivity contribution in [2.75, 3.05) is 0 Å². The smallest absolute Gasteiger partial charge is 0.261 e. The Hall–Kier alpha value is -1.79. The first kappa shape index (κ1) is 10.4. The fourth-order valence-electron chi connectivity index (χ4n) is 1.55. The number of halogens is 1. The van der Waals surface area contributed by atoms with Gasteiger partial charge < -0.3 is 0 Å². The van der Waals surface area contributed by atoms with Crippen molar-refractivity contribution >= 4 is 33.2 Å². The molecule has 3 rings (SSSR count). The predicted molar refractivity (Wildman–Crippen MR) is 66.3 cm³/mol. The van der Waals surface area contributed by atoms with Gasteiger partial charge in [-0.1, -0.05) is 0 Å². The molecule has 0 spiro atoms. The van der Waals surface area contributed by atoms with Crippen LogP contribution in [0.3, 0.4) is 0 Å². The molecular weight excluding hydrogens is 260 g/mol. The van der Waals surface area contributed by atoms with E-state index in [4.69, 9.17) is 11.6 Å². The SMILES string of the molecule is O=c1[nH]c(Cl)nc2scc(-c3cnccn3)c12. The molecule has 0 aliphatic rings. The molecule has 1 N–H and O–H groups in total. The summed E-state index contributed by atoms with van der Waals surface area (Å²) in [6.45, 7) is 0. The highest BCUT2D eigenvalue weighted by Crippen LogP contribution is 2.29. The Labute approximate surface area is 104 Å². The molecule has 0 unspecified atom stereocenters. The van der Waals surface area contributed by atoms with Gasteiger partial charge in [0.1, 0.15) is 4.83 Å². The van der Waals surface area contributed by atoms with Gasteiger partial charge in [-0.2, -0.15) is 0 Å². The highest BCUT2D eigenvalue weighted by atomic mass is 35.5. The van der Waals surface area contributed by atoms with Gasteiger partial charge in [-0.3, -0.25) is 19.7 Å². The summed E-state index contributed by atoms with van der Waals surface area (Å²) >= 11 is 7.05. The lowest BCUT2D eigenvalue weighted by Crippen LogP contribution is -2.07. The monoisotopic (exact) mass is 264 g/mol. The zero-order valence-corrected chi connectivity index (χ0v) is 9.92. The van der Waals surface area contributed by atoms with Crippen molar-refractivity contribution in [2.24, 2.45) is 0 Å². The molecule has 5 nitrogen and oxygen atoms in total. The van der Waals surface area contributed by atoms with Gasteiger partial charge in [0.05, 0.1) is 17.3 Å². The van der Waals surface area contributed by atoms with Crippen molar-refractivity contribution in [3.63, 3.8) is 0 Å². The summed E-state index contributed by atoms with van der Waals surface area (Å²) in [4.78, 5) is 27.1. The first-order valence-electron chi connectivity index (χ1n) is 4.69. The van der Waals surface area contributed by atoms with Gasteiger partial charge >= 0.3 is 0 Å². The van der Waals surface area contributed by atoms with Crippen LogP contribution in [0, 0.1) is 0 Å². The Morgan fingerprint density at radius 1 is 1.35 bits per heavy atom. The van der Waals surface area contributed by atoms with E-state index in [1.807, 2.05) is 5.38 Å². The van der Waals surface area contributed by atoms with E-state index >= 15 is 0 Å². The van der Waals surface area contributed by atoms with Crippen LogP contribution >= 0.6 is 22.9 Å². The van der Waals surface area contributed by atoms with Crippen LogP contribution in [0.2, 0.25) is 5.28 Å². The number of nitrogens with one attached hydrogen (secondary N) is 1. The van der Waals surface area contributed by atoms with Crippen molar-refractivity contribution < 1.29 is 0 Å². The second-order valence-electron chi connectivity index (χ2n) is 3.28. The molecule has 3 aromatic heterocycles. The van der Waals surface area contributed by atoms with Gasteiger partial charge in [0.25, 0.3) is 5.56 Å². The lowest BCUT2D eigenvalue weighted by molar-refractivity contribution is 1.18. The molecule has 0 aromatic carbocycles. The second kappa shape index (κ2) is 3.90. The minimum absolute atomic E-state index is 0.0926. The third kappa shape index (κ3) is 1.71. The number of hydrogen-bond donors (Lipinski definition) is 1. The van der Waals surface area contributed by atoms with Crippen molar-refractivity contribution in [3.05, 3.63) is 39.6 Å². The van der Waals surface area contributed by atoms with Crippen molar-refractivity contribution in [1.82, 2.24) is 19.9 Å². The zero-order valence-electron chi connectivity index (χ0n) is 8.35. The third-order valence-electron chi connectivity index (χ3n) is 2.25. The van der Waals surface area contributed by atoms with E-state index in [1.165, 1.54) is 11.3 Å². The summed E-state index contributed by atoms with van der Waals surface area (Å²) in [5.74, 6) is 0. The fraction of sp³-hybridized carbons (Fsp3) is 0. The number of rotatable bonds is 1. The molecular formula is C10H5ClN4OS. The summed E-state index contributed by atoms with van der Waals surface area (Å²) in [5, 5.41) is 2.42. The number of aromatic amines is 1. The van der Waals surface area contributed by atoms with Crippen molar-refractivity contribution in [1.29, 1.82) is 0 Å². The van der Waals surface area contributed by atoms with Gasteiger partial charge in [0.2, 0.25) is 5.28 Å². The molecule has 0 fully saturated rings. The Morgan fingerprint density at radius 2 is 2.24 bits per heavy atom. The number of aromatic nitrogens is 4. The number of H-pyrrole nitrogens is 1. The summed E-state index contributed by atoms with van der Waals surface area (Å²) in [6, 6.07) is 0. The highest BCUT2D eigenvalue weighted by Gasteiger charge is 2.12. The molecule has 3 aromatic rings. The predicted octanol–water partition coefficient (Wildman–Crippen LogP) is 2.09. The van der Waals surface area contributed by atoms with E-state index < -0.39 is 0 Å². The first-order valence-corrected chi connectivity index (χ1v) is 5.95. The number of fused-ring (bicyclic) bond motifs is 1. The lowest BCUT2D eigenvalue weighted by atomic mass is 10.2. The van der Waals surface area contributed by atoms with Gasteiger partial charge in [0, 0.05) is 23.3 Å². The zero-order chi connectivity index (χ0) is 11.8. The summed E-state index contributed by atoms with van der Waals surface area (Å²) in [5.41, 5.74) is 1.11. The van der Waals surface area contributed by atoms with E-state index in [0.717, 1.165) is 5.56 Å². The first-order chi connectivity index (χ1) is 8.25. The van der Waals surface area contributed by atoms with Gasteiger partial charge in [-0.25, -0.2) is 4.98 Å². The fourth-order valence-corrected chi connectivity index (χ4v) is 2.70. The highest BCUT2D eigenvalue weighted by molar-refractivity contribution is 7.17. The van der Waals surface area contributed by atoms with Crippen LogP contribution in [0.25, 0.3) is 21.5 Å². The minimum atomic E-state index is -0.262. The third-order valence-corrected chi connectivity index (χ3v) is 3.31. The molecule has 84 valence electrons. The number of nitrogens with zero attached hydrogens (tertiary/aromatic N) is 3. The Balaban J connectivity index is 2.37. The maximum Gasteiger partial charge on any atom is 0.261 e. The van der Waals surface area contributed by atoms with Gasteiger partial charge in [0.15, 0.2) is 0 Å². The molecule has 3 heterocycles. The largest absolute Gasteiger partial charge is 0.297 e. The molecule has 0 atom stereocenters. The van der Waals surface area contributed by atoms with Crippen LogP contribution in [-0.2, 0) is 0 Å². The van der Waals surface area contributed by atoms with Crippen molar-refractivity contribution in [3.8, 4) is 11.3 Å². The quantitative estimate of drug-likeness (QED) is 0.683. The molecule has 0 saturated carbocycles. The molecule has 0 aliphatic carbocycles. The maximum atomic E-state index is 11.8. The number of thiophene rings is 1. The average molecular weight is 265 g/mol. The van der Waals surface area contributed by atoms with Gasteiger partial charge in [-0.15, -0.1) is 11.3 Å². The molecule has 7 heteroatoms. The normalized spacial score (nSPS) is 10.9. The van der Waals surface area contributed by atoms with E-state index in [0.29, 0.717) is 15.9 Å². The summed E-state index contributed by atoms with van der Waals surface area (Å²) < 4.78 is 0. The summed E-state index contributed by atoms with van der Waals surface area (Å²) in [6.07, 6.45) is 4.77. The van der Waals surface area contributed by atoms with Crippen LogP contribution in [0.5, 0.6) is 0 Å². The Bertz CT molecular complexity index is 737. The van der Waals surface area contributed by atoms with Crippen molar-refractivity contribution in [2.45, 2.75) is 0 Å². The molecule has 0 bridgehead atoms. The molecule has 0 aliphatic heterocycles. The Kier molecular flexibility index (Phi) is 2.38. The van der Waals surface area contributed by atoms with Gasteiger partial charge in [-0.05, 0) is 11.6 Å².